The summed E-state index contributed by atoms with van der Waals surface area (Å²) in [4.78, 5) is 4.48. The van der Waals surface area contributed by atoms with Crippen molar-refractivity contribution in [2.45, 2.75) is 37.7 Å². The Morgan fingerprint density at radius 2 is 2.10 bits per heavy atom. The van der Waals surface area contributed by atoms with E-state index in [9.17, 15) is 0 Å². The number of hydrogen-bond acceptors (Lipinski definition) is 5. The normalized spacial score (nSPS) is 16.9. The molecule has 1 aromatic heterocycles. The summed E-state index contributed by atoms with van der Waals surface area (Å²) < 4.78 is 10.9. The molecular formula is C15H19N3O2. The van der Waals surface area contributed by atoms with Gasteiger partial charge in [-0.1, -0.05) is 23.4 Å². The number of anilines is 1. The van der Waals surface area contributed by atoms with Crippen LogP contribution in [0.5, 0.6) is 0 Å². The maximum atomic E-state index is 5.92. The standard InChI is InChI=1S/C15H19N3O2/c1-19-15(9-4-10-15)14-17-13(20-18-14)8-7-11-5-2-3-6-12(11)16/h2-3,5-6H,4,7-10,16H2,1H3. The molecular weight excluding hydrogens is 254 g/mol. The number of para-hydroxylation sites is 1. The molecule has 2 N–H and O–H groups in total. The molecule has 1 saturated carbocycles. The summed E-state index contributed by atoms with van der Waals surface area (Å²) >= 11 is 0. The summed E-state index contributed by atoms with van der Waals surface area (Å²) in [5.74, 6) is 1.33. The van der Waals surface area contributed by atoms with Gasteiger partial charge < -0.3 is 15.0 Å². The first kappa shape index (κ1) is 13.1. The lowest BCUT2D eigenvalue weighted by Crippen LogP contribution is -2.37. The number of nitrogen functional groups attached to an aromatic ring is 1. The van der Waals surface area contributed by atoms with Gasteiger partial charge in [0.2, 0.25) is 11.7 Å². The van der Waals surface area contributed by atoms with Crippen molar-refractivity contribution in [3.05, 3.63) is 41.5 Å². The van der Waals surface area contributed by atoms with E-state index in [2.05, 4.69) is 10.1 Å². The largest absolute Gasteiger partial charge is 0.399 e. The minimum Gasteiger partial charge on any atom is -0.399 e. The van der Waals surface area contributed by atoms with Crippen LogP contribution in [0.2, 0.25) is 0 Å². The Morgan fingerprint density at radius 3 is 2.75 bits per heavy atom. The monoisotopic (exact) mass is 273 g/mol. The van der Waals surface area contributed by atoms with Gasteiger partial charge in [-0.2, -0.15) is 4.98 Å². The van der Waals surface area contributed by atoms with Crippen LogP contribution >= 0.6 is 0 Å². The van der Waals surface area contributed by atoms with Gasteiger partial charge in [0.05, 0.1) is 0 Å². The van der Waals surface area contributed by atoms with Gasteiger partial charge in [0.1, 0.15) is 5.60 Å². The molecule has 2 aromatic rings. The first-order valence-electron chi connectivity index (χ1n) is 6.95. The average Bonchev–Trinajstić information content (AvgIpc) is 2.86. The zero-order chi connectivity index (χ0) is 14.0. The lowest BCUT2D eigenvalue weighted by atomic mass is 9.79. The molecule has 1 aliphatic rings. The minimum absolute atomic E-state index is 0.312. The Kier molecular flexibility index (Phi) is 3.44. The van der Waals surface area contributed by atoms with E-state index < -0.39 is 0 Å². The Labute approximate surface area is 118 Å². The number of ether oxygens (including phenoxy) is 1. The Hall–Kier alpha value is -1.88. The molecule has 0 amide bonds. The molecule has 1 aliphatic carbocycles. The van der Waals surface area contributed by atoms with Crippen LogP contribution < -0.4 is 5.73 Å². The lowest BCUT2D eigenvalue weighted by molar-refractivity contribution is -0.0858. The van der Waals surface area contributed by atoms with Gasteiger partial charge in [-0.05, 0) is 37.3 Å². The van der Waals surface area contributed by atoms with Gasteiger partial charge in [-0.25, -0.2) is 0 Å². The van der Waals surface area contributed by atoms with Crippen molar-refractivity contribution in [3.8, 4) is 0 Å². The van der Waals surface area contributed by atoms with Crippen LogP contribution in [0.4, 0.5) is 5.69 Å². The van der Waals surface area contributed by atoms with Crippen molar-refractivity contribution in [2.75, 3.05) is 12.8 Å². The van der Waals surface area contributed by atoms with Crippen molar-refractivity contribution in [1.29, 1.82) is 0 Å². The van der Waals surface area contributed by atoms with Gasteiger partial charge in [-0.15, -0.1) is 0 Å². The highest BCUT2D eigenvalue weighted by Gasteiger charge is 2.43. The molecule has 0 atom stereocenters. The van der Waals surface area contributed by atoms with Gasteiger partial charge in [0.15, 0.2) is 0 Å². The molecule has 0 aliphatic heterocycles. The van der Waals surface area contributed by atoms with E-state index in [1.165, 1.54) is 0 Å². The maximum Gasteiger partial charge on any atom is 0.227 e. The number of hydrogen-bond donors (Lipinski definition) is 1. The zero-order valence-electron chi connectivity index (χ0n) is 11.6. The van der Waals surface area contributed by atoms with E-state index in [0.717, 1.165) is 36.9 Å². The van der Waals surface area contributed by atoms with Crippen LogP contribution in [0.1, 0.15) is 36.5 Å². The van der Waals surface area contributed by atoms with E-state index in [1.807, 2.05) is 24.3 Å². The molecule has 0 saturated heterocycles. The van der Waals surface area contributed by atoms with Crippen LogP contribution in [0.25, 0.3) is 0 Å². The van der Waals surface area contributed by atoms with Crippen molar-refractivity contribution in [3.63, 3.8) is 0 Å². The molecule has 5 nitrogen and oxygen atoms in total. The molecule has 0 unspecified atom stereocenters. The average molecular weight is 273 g/mol. The predicted octanol–water partition coefficient (Wildman–Crippen LogP) is 2.46. The molecule has 0 radical (unpaired) electrons. The molecule has 106 valence electrons. The highest BCUT2D eigenvalue weighted by atomic mass is 16.5. The summed E-state index contributed by atoms with van der Waals surface area (Å²) in [6.07, 6.45) is 4.58. The molecule has 20 heavy (non-hydrogen) atoms. The fraction of sp³-hybridized carbons (Fsp3) is 0.467. The second-order valence-electron chi connectivity index (χ2n) is 5.26. The number of methoxy groups -OCH3 is 1. The van der Waals surface area contributed by atoms with Gasteiger partial charge in [0.25, 0.3) is 0 Å². The van der Waals surface area contributed by atoms with Gasteiger partial charge >= 0.3 is 0 Å². The number of benzene rings is 1. The van der Waals surface area contributed by atoms with Crippen molar-refractivity contribution in [1.82, 2.24) is 10.1 Å². The number of rotatable bonds is 5. The number of nitrogens with two attached hydrogens (primary N) is 1. The summed E-state index contributed by atoms with van der Waals surface area (Å²) in [6, 6.07) is 7.85. The fourth-order valence-corrected chi connectivity index (χ4v) is 2.56. The van der Waals surface area contributed by atoms with Crippen LogP contribution in [-0.4, -0.2) is 17.3 Å². The third-order valence-electron chi connectivity index (χ3n) is 4.09. The molecule has 5 heteroatoms. The zero-order valence-corrected chi connectivity index (χ0v) is 11.6. The molecule has 3 rings (SSSR count). The van der Waals surface area contributed by atoms with Crippen molar-refractivity contribution >= 4 is 5.69 Å². The summed E-state index contributed by atoms with van der Waals surface area (Å²) in [5, 5.41) is 4.07. The first-order chi connectivity index (χ1) is 9.73. The van der Waals surface area contributed by atoms with Crippen LogP contribution in [0, 0.1) is 0 Å². The third kappa shape index (κ3) is 2.29. The number of nitrogens with zero attached hydrogens (tertiary/aromatic N) is 2. The number of aromatic nitrogens is 2. The Morgan fingerprint density at radius 1 is 1.30 bits per heavy atom. The van der Waals surface area contributed by atoms with E-state index >= 15 is 0 Å². The Balaban J connectivity index is 1.67. The first-order valence-corrected chi connectivity index (χ1v) is 6.95. The third-order valence-corrected chi connectivity index (χ3v) is 4.09. The van der Waals surface area contributed by atoms with E-state index in [-0.39, 0.29) is 5.60 Å². The van der Waals surface area contributed by atoms with E-state index in [0.29, 0.717) is 18.1 Å². The summed E-state index contributed by atoms with van der Waals surface area (Å²) in [7, 11) is 1.71. The SMILES string of the molecule is COC1(c2noc(CCc3ccccc3N)n2)CCC1. The summed E-state index contributed by atoms with van der Waals surface area (Å²) in [5.41, 5.74) is 7.53. The highest BCUT2D eigenvalue weighted by molar-refractivity contribution is 5.46. The second kappa shape index (κ2) is 5.25. The van der Waals surface area contributed by atoms with E-state index in [1.54, 1.807) is 7.11 Å². The summed E-state index contributed by atoms with van der Waals surface area (Å²) in [6.45, 7) is 0. The highest BCUT2D eigenvalue weighted by Crippen LogP contribution is 2.42. The van der Waals surface area contributed by atoms with Gasteiger partial charge in [0, 0.05) is 19.2 Å². The number of aryl methyl sites for hydroxylation is 2. The van der Waals surface area contributed by atoms with Crippen LogP contribution in [0.3, 0.4) is 0 Å². The second-order valence-corrected chi connectivity index (χ2v) is 5.26. The molecule has 0 bridgehead atoms. The van der Waals surface area contributed by atoms with Crippen molar-refractivity contribution in [2.24, 2.45) is 0 Å². The quantitative estimate of drug-likeness (QED) is 0.847. The molecule has 1 fully saturated rings. The fourth-order valence-electron chi connectivity index (χ4n) is 2.56. The minimum atomic E-state index is -0.312. The van der Waals surface area contributed by atoms with Crippen LogP contribution in [0.15, 0.2) is 28.8 Å². The smallest absolute Gasteiger partial charge is 0.227 e. The Bertz CT molecular complexity index is 585. The maximum absolute atomic E-state index is 5.92. The molecule has 1 heterocycles. The predicted molar refractivity (Wildman–Crippen MR) is 75.1 cm³/mol. The molecule has 0 spiro atoms. The van der Waals surface area contributed by atoms with Crippen molar-refractivity contribution < 1.29 is 9.26 Å². The van der Waals surface area contributed by atoms with Gasteiger partial charge in [-0.3, -0.25) is 0 Å². The topological polar surface area (TPSA) is 74.2 Å². The lowest BCUT2D eigenvalue weighted by Gasteiger charge is -2.37. The van der Waals surface area contributed by atoms with Crippen LogP contribution in [-0.2, 0) is 23.2 Å². The molecule has 1 aromatic carbocycles. The van der Waals surface area contributed by atoms with E-state index in [4.69, 9.17) is 15.0 Å².